The van der Waals surface area contributed by atoms with E-state index >= 15 is 0 Å². The molecule has 0 aromatic heterocycles. The van der Waals surface area contributed by atoms with Crippen LogP contribution in [0.3, 0.4) is 0 Å². The maximum Gasteiger partial charge on any atom is 0.132 e. The van der Waals surface area contributed by atoms with Gasteiger partial charge >= 0.3 is 0 Å². The molecular formula is C36H66Br6N6. The SMILES string of the molecule is C[N+](C)(C)c1ccc([N+](C)(C)C)cc1.C[N+](C)(C)c1ccc([N+](C)(C)C)cc1.C[N+](C)(C)c1ccc([N+](C)(C)C)cc1.[Br-].[Br-].[Br-].[Br-].[Br-].[Br-]. The Morgan fingerprint density at radius 3 is 0.292 bits per heavy atom. The molecule has 3 aromatic rings. The molecule has 0 saturated heterocycles. The van der Waals surface area contributed by atoms with E-state index in [4.69, 9.17) is 0 Å². The monoisotopic (exact) mass is 1060 g/mol. The van der Waals surface area contributed by atoms with Gasteiger partial charge in [0.15, 0.2) is 0 Å². The van der Waals surface area contributed by atoms with Crippen molar-refractivity contribution >= 4 is 34.1 Å². The predicted octanol–water partition coefficient (Wildman–Crippen LogP) is -11.7. The van der Waals surface area contributed by atoms with Crippen LogP contribution in [-0.4, -0.2) is 127 Å². The topological polar surface area (TPSA) is 0 Å². The highest BCUT2D eigenvalue weighted by Crippen LogP contribution is 2.25. The van der Waals surface area contributed by atoms with E-state index in [2.05, 4.69) is 200 Å². The van der Waals surface area contributed by atoms with Crippen LogP contribution in [-0.2, 0) is 0 Å². The summed E-state index contributed by atoms with van der Waals surface area (Å²) in [5.74, 6) is 0. The van der Waals surface area contributed by atoms with E-state index in [1.54, 1.807) is 0 Å². The highest BCUT2D eigenvalue weighted by atomic mass is 79.9. The third-order valence-electron chi connectivity index (χ3n) is 7.20. The normalized spacial score (nSPS) is 11.4. The Bertz CT molecular complexity index is 983. The summed E-state index contributed by atoms with van der Waals surface area (Å²) in [4.78, 5) is 0. The fourth-order valence-corrected chi connectivity index (χ4v) is 4.04. The number of hydrogen-bond acceptors (Lipinski definition) is 0. The highest BCUT2D eigenvalue weighted by Gasteiger charge is 2.18. The standard InChI is InChI=1S/3C12H22N2.6BrH/c3*1-13(2,3)11-7-9-12(10-8-11)14(4,5)6;;;;;;/h3*7-10H,1-6H3;6*1H/q3*+2;;;;;;/p-6. The van der Waals surface area contributed by atoms with E-state index in [-0.39, 0.29) is 102 Å². The van der Waals surface area contributed by atoms with Crippen molar-refractivity contribution in [1.29, 1.82) is 0 Å². The molecule has 48 heavy (non-hydrogen) atoms. The first-order valence-corrected chi connectivity index (χ1v) is 14.9. The van der Waals surface area contributed by atoms with Crippen LogP contribution < -0.4 is 129 Å². The molecule has 6 nitrogen and oxygen atoms in total. The number of halogens is 6. The van der Waals surface area contributed by atoms with Crippen LogP contribution >= 0.6 is 0 Å². The van der Waals surface area contributed by atoms with Crippen LogP contribution in [0.25, 0.3) is 0 Å². The molecule has 0 N–H and O–H groups in total. The van der Waals surface area contributed by atoms with Crippen molar-refractivity contribution in [2.24, 2.45) is 0 Å². The molecular weight excluding hydrogens is 996 g/mol. The molecule has 3 rings (SSSR count). The van der Waals surface area contributed by atoms with Gasteiger partial charge in [-0.05, 0) is 0 Å². The van der Waals surface area contributed by atoms with Gasteiger partial charge in [0.05, 0.1) is 127 Å². The molecule has 0 aliphatic rings. The maximum atomic E-state index is 2.21. The number of benzene rings is 3. The molecule has 0 radical (unpaired) electrons. The minimum atomic E-state index is 0. The van der Waals surface area contributed by atoms with Gasteiger partial charge in [0.1, 0.15) is 34.1 Å². The summed E-state index contributed by atoms with van der Waals surface area (Å²) >= 11 is 0. The molecule has 282 valence electrons. The van der Waals surface area contributed by atoms with Crippen LogP contribution in [0.15, 0.2) is 72.8 Å². The van der Waals surface area contributed by atoms with Crippen molar-refractivity contribution in [3.05, 3.63) is 72.8 Å². The van der Waals surface area contributed by atoms with Gasteiger partial charge < -0.3 is 102 Å². The third kappa shape index (κ3) is 21.6. The van der Waals surface area contributed by atoms with Gasteiger partial charge in [0.2, 0.25) is 0 Å². The molecule has 0 amide bonds. The van der Waals surface area contributed by atoms with Gasteiger partial charge in [-0.3, -0.25) is 26.9 Å². The minimum Gasteiger partial charge on any atom is -1.00 e. The molecule has 0 fully saturated rings. The van der Waals surface area contributed by atoms with Gasteiger partial charge in [-0.2, -0.15) is 0 Å². The van der Waals surface area contributed by atoms with Crippen molar-refractivity contribution in [3.8, 4) is 0 Å². The van der Waals surface area contributed by atoms with Crippen LogP contribution in [0.2, 0.25) is 0 Å². The summed E-state index contributed by atoms with van der Waals surface area (Å²) in [6.07, 6.45) is 0. The Morgan fingerprint density at radius 2 is 0.250 bits per heavy atom. The summed E-state index contributed by atoms with van der Waals surface area (Å²) in [7, 11) is 39.3. The fraction of sp³-hybridized carbons (Fsp3) is 0.500. The summed E-state index contributed by atoms with van der Waals surface area (Å²) in [6.45, 7) is 0. The Kier molecular flexibility index (Phi) is 29.0. The first-order chi connectivity index (χ1) is 18.6. The zero-order valence-corrected chi connectivity index (χ0v) is 42.4. The molecule has 0 aliphatic heterocycles. The molecule has 0 aliphatic carbocycles. The summed E-state index contributed by atoms with van der Waals surface area (Å²) in [5, 5.41) is 0. The van der Waals surface area contributed by atoms with Crippen molar-refractivity contribution in [3.63, 3.8) is 0 Å². The number of hydrogen-bond donors (Lipinski definition) is 0. The minimum absolute atomic E-state index is 0. The van der Waals surface area contributed by atoms with Crippen LogP contribution in [0.4, 0.5) is 34.1 Å². The third-order valence-corrected chi connectivity index (χ3v) is 7.20. The molecule has 0 bridgehead atoms. The lowest BCUT2D eigenvalue weighted by Crippen LogP contribution is -3.00. The van der Waals surface area contributed by atoms with Gasteiger partial charge in [-0.15, -0.1) is 0 Å². The summed E-state index contributed by atoms with van der Waals surface area (Å²) in [5.41, 5.74) is 8.01. The number of nitrogens with zero attached hydrogens (tertiary/aromatic N) is 6. The van der Waals surface area contributed by atoms with E-state index < -0.39 is 0 Å². The highest BCUT2D eigenvalue weighted by molar-refractivity contribution is 5.53. The lowest BCUT2D eigenvalue weighted by molar-refractivity contribution is -0.00100. The first-order valence-electron chi connectivity index (χ1n) is 14.9. The quantitative estimate of drug-likeness (QED) is 0.216. The van der Waals surface area contributed by atoms with E-state index in [0.717, 1.165) is 26.9 Å². The zero-order valence-electron chi connectivity index (χ0n) is 32.9. The fourth-order valence-electron chi connectivity index (χ4n) is 4.04. The lowest BCUT2D eigenvalue weighted by atomic mass is 10.2. The Hall–Kier alpha value is 0.300. The Labute approximate surface area is 359 Å². The van der Waals surface area contributed by atoms with Crippen LogP contribution in [0.5, 0.6) is 0 Å². The van der Waals surface area contributed by atoms with E-state index in [1.807, 2.05) is 0 Å². The molecule has 3 aromatic carbocycles. The van der Waals surface area contributed by atoms with Crippen LogP contribution in [0.1, 0.15) is 0 Å². The van der Waals surface area contributed by atoms with Gasteiger partial charge in [0.25, 0.3) is 0 Å². The average Bonchev–Trinajstić information content (AvgIpc) is 2.82. The smallest absolute Gasteiger partial charge is 0.132 e. The molecule has 0 unspecified atom stereocenters. The number of quaternary nitrogens is 6. The Morgan fingerprint density at radius 1 is 0.188 bits per heavy atom. The van der Waals surface area contributed by atoms with E-state index in [9.17, 15) is 0 Å². The van der Waals surface area contributed by atoms with Crippen molar-refractivity contribution in [2.45, 2.75) is 0 Å². The molecule has 12 heteroatoms. The summed E-state index contributed by atoms with van der Waals surface area (Å²) < 4.78 is 5.23. The second-order valence-corrected chi connectivity index (χ2v) is 16.6. The molecule has 0 heterocycles. The van der Waals surface area contributed by atoms with Gasteiger partial charge in [-0.25, -0.2) is 0 Å². The molecule has 0 spiro atoms. The lowest BCUT2D eigenvalue weighted by Gasteiger charge is -2.26. The van der Waals surface area contributed by atoms with Crippen molar-refractivity contribution < 1.29 is 102 Å². The van der Waals surface area contributed by atoms with E-state index in [0.29, 0.717) is 0 Å². The van der Waals surface area contributed by atoms with Crippen molar-refractivity contribution in [2.75, 3.05) is 127 Å². The second kappa shape index (κ2) is 23.1. The predicted molar refractivity (Wildman–Crippen MR) is 197 cm³/mol. The summed E-state index contributed by atoms with van der Waals surface area (Å²) in [6, 6.07) is 26.5. The van der Waals surface area contributed by atoms with Crippen molar-refractivity contribution in [1.82, 2.24) is 26.9 Å². The second-order valence-electron chi connectivity index (χ2n) is 16.6. The maximum absolute atomic E-state index is 2.21. The van der Waals surface area contributed by atoms with Gasteiger partial charge in [0, 0.05) is 72.8 Å². The Balaban J connectivity index is -0.000000130. The average molecular weight is 1060 g/mol. The zero-order chi connectivity index (χ0) is 32.9. The van der Waals surface area contributed by atoms with Crippen LogP contribution in [0, 0.1) is 0 Å². The molecule has 0 saturated carbocycles. The first kappa shape index (κ1) is 60.4. The number of rotatable bonds is 6. The van der Waals surface area contributed by atoms with E-state index in [1.165, 1.54) is 34.1 Å². The molecule has 0 atom stereocenters. The van der Waals surface area contributed by atoms with Gasteiger partial charge in [-0.1, -0.05) is 0 Å². The largest absolute Gasteiger partial charge is 1.00 e.